The van der Waals surface area contributed by atoms with Gasteiger partial charge in [-0.05, 0) is 30.5 Å². The van der Waals surface area contributed by atoms with Crippen LogP contribution in [0.5, 0.6) is 5.75 Å². The first kappa shape index (κ1) is 14.6. The van der Waals surface area contributed by atoms with Gasteiger partial charge in [-0.3, -0.25) is 0 Å². The molecule has 23 heavy (non-hydrogen) atoms. The standard InChI is InChI=1S/C19H17ClFNO/c1-23-16-10-9-14(20)17-11-6-4-7-12(11)18(22-19(16)17)13-5-2-3-8-15(13)21/h2-6,8-12,18,22H,7H2,1H3. The molecular formula is C19H17ClFNO. The van der Waals surface area contributed by atoms with Crippen molar-refractivity contribution in [1.82, 2.24) is 0 Å². The van der Waals surface area contributed by atoms with E-state index >= 15 is 0 Å². The summed E-state index contributed by atoms with van der Waals surface area (Å²) < 4.78 is 19.8. The van der Waals surface area contributed by atoms with E-state index < -0.39 is 0 Å². The third-order valence-electron chi connectivity index (χ3n) is 4.89. The monoisotopic (exact) mass is 329 g/mol. The van der Waals surface area contributed by atoms with Crippen LogP contribution in [-0.4, -0.2) is 7.11 Å². The van der Waals surface area contributed by atoms with E-state index in [9.17, 15) is 4.39 Å². The molecular weight excluding hydrogens is 313 g/mol. The number of ether oxygens (including phenoxy) is 1. The number of benzene rings is 2. The predicted octanol–water partition coefficient (Wildman–Crippen LogP) is 5.31. The van der Waals surface area contributed by atoms with Gasteiger partial charge in [0.2, 0.25) is 0 Å². The SMILES string of the molecule is COc1ccc(Cl)c2c1NC(c1ccccc1F)C1CC=CC21. The van der Waals surface area contributed by atoms with Crippen LogP contribution in [0.1, 0.15) is 29.5 Å². The van der Waals surface area contributed by atoms with E-state index in [1.165, 1.54) is 6.07 Å². The Morgan fingerprint density at radius 2 is 2.04 bits per heavy atom. The normalized spacial score (nSPS) is 24.7. The quantitative estimate of drug-likeness (QED) is 0.753. The molecule has 3 atom stereocenters. The molecule has 0 fully saturated rings. The summed E-state index contributed by atoms with van der Waals surface area (Å²) in [5, 5.41) is 4.22. The summed E-state index contributed by atoms with van der Waals surface area (Å²) >= 11 is 6.46. The second-order valence-corrected chi connectivity index (χ2v) is 6.44. The smallest absolute Gasteiger partial charge is 0.142 e. The minimum atomic E-state index is -0.180. The summed E-state index contributed by atoms with van der Waals surface area (Å²) in [7, 11) is 1.64. The van der Waals surface area contributed by atoms with Crippen molar-refractivity contribution in [1.29, 1.82) is 0 Å². The number of hydrogen-bond acceptors (Lipinski definition) is 2. The molecule has 4 rings (SSSR count). The molecule has 0 saturated heterocycles. The van der Waals surface area contributed by atoms with Crippen LogP contribution >= 0.6 is 11.6 Å². The van der Waals surface area contributed by atoms with E-state index in [1.54, 1.807) is 13.2 Å². The second-order valence-electron chi connectivity index (χ2n) is 6.04. The summed E-state index contributed by atoms with van der Waals surface area (Å²) in [6.07, 6.45) is 5.25. The van der Waals surface area contributed by atoms with E-state index in [0.717, 1.165) is 28.4 Å². The van der Waals surface area contributed by atoms with Crippen LogP contribution < -0.4 is 10.1 Å². The zero-order valence-corrected chi connectivity index (χ0v) is 13.5. The number of fused-ring (bicyclic) bond motifs is 3. The zero-order chi connectivity index (χ0) is 16.0. The lowest BCUT2D eigenvalue weighted by atomic mass is 9.76. The van der Waals surface area contributed by atoms with E-state index in [4.69, 9.17) is 16.3 Å². The van der Waals surface area contributed by atoms with E-state index in [0.29, 0.717) is 5.56 Å². The average Bonchev–Trinajstić information content (AvgIpc) is 3.04. The highest BCUT2D eigenvalue weighted by atomic mass is 35.5. The summed E-state index contributed by atoms with van der Waals surface area (Å²) in [6, 6.07) is 10.6. The van der Waals surface area contributed by atoms with Crippen molar-refractivity contribution in [2.24, 2.45) is 5.92 Å². The van der Waals surface area contributed by atoms with Gasteiger partial charge >= 0.3 is 0 Å². The first-order valence-corrected chi connectivity index (χ1v) is 8.12. The van der Waals surface area contributed by atoms with Gasteiger partial charge in [-0.1, -0.05) is 42.0 Å². The number of hydrogen-bond donors (Lipinski definition) is 1. The molecule has 118 valence electrons. The van der Waals surface area contributed by atoms with Gasteiger partial charge in [-0.15, -0.1) is 0 Å². The molecule has 2 aromatic carbocycles. The summed E-state index contributed by atoms with van der Waals surface area (Å²) in [6.45, 7) is 0. The Morgan fingerprint density at radius 1 is 1.22 bits per heavy atom. The van der Waals surface area contributed by atoms with Gasteiger partial charge in [0.1, 0.15) is 11.6 Å². The molecule has 1 aliphatic carbocycles. The molecule has 4 heteroatoms. The van der Waals surface area contributed by atoms with Crippen molar-refractivity contribution in [2.75, 3.05) is 12.4 Å². The van der Waals surface area contributed by atoms with Gasteiger partial charge in [0.15, 0.2) is 0 Å². The maximum Gasteiger partial charge on any atom is 0.142 e. The largest absolute Gasteiger partial charge is 0.495 e. The molecule has 0 radical (unpaired) electrons. The fraction of sp³-hybridized carbons (Fsp3) is 0.263. The summed E-state index contributed by atoms with van der Waals surface area (Å²) in [4.78, 5) is 0. The highest BCUT2D eigenvalue weighted by molar-refractivity contribution is 6.32. The van der Waals surface area contributed by atoms with Crippen molar-refractivity contribution in [3.05, 3.63) is 70.5 Å². The van der Waals surface area contributed by atoms with Crippen LogP contribution in [0.2, 0.25) is 5.02 Å². The third kappa shape index (κ3) is 2.22. The molecule has 0 bridgehead atoms. The van der Waals surface area contributed by atoms with Crippen LogP contribution in [0.3, 0.4) is 0 Å². The maximum atomic E-state index is 14.4. The third-order valence-corrected chi connectivity index (χ3v) is 5.22. The molecule has 1 aliphatic heterocycles. The van der Waals surface area contributed by atoms with Crippen LogP contribution in [0.25, 0.3) is 0 Å². The maximum absolute atomic E-state index is 14.4. The first-order chi connectivity index (χ1) is 11.2. The van der Waals surface area contributed by atoms with E-state index in [2.05, 4.69) is 17.5 Å². The number of halogens is 2. The number of nitrogens with one attached hydrogen (secondary N) is 1. The highest BCUT2D eigenvalue weighted by Crippen LogP contribution is 2.54. The molecule has 0 saturated carbocycles. The fourth-order valence-electron chi connectivity index (χ4n) is 3.84. The molecule has 0 spiro atoms. The lowest BCUT2D eigenvalue weighted by Gasteiger charge is -2.38. The Balaban J connectivity index is 1.88. The Labute approximate surface area is 139 Å². The molecule has 1 heterocycles. The van der Waals surface area contributed by atoms with Crippen molar-refractivity contribution >= 4 is 17.3 Å². The van der Waals surface area contributed by atoms with Gasteiger partial charge < -0.3 is 10.1 Å². The minimum absolute atomic E-state index is 0.101. The Bertz CT molecular complexity index is 789. The Kier molecular flexibility index (Phi) is 3.53. The summed E-state index contributed by atoms with van der Waals surface area (Å²) in [5.74, 6) is 0.993. The Morgan fingerprint density at radius 3 is 2.83 bits per heavy atom. The van der Waals surface area contributed by atoms with Gasteiger partial charge in [0.05, 0.1) is 18.8 Å². The van der Waals surface area contributed by atoms with Gasteiger partial charge in [-0.2, -0.15) is 0 Å². The number of rotatable bonds is 2. The summed E-state index contributed by atoms with van der Waals surface area (Å²) in [5.41, 5.74) is 2.62. The fourth-order valence-corrected chi connectivity index (χ4v) is 4.13. The molecule has 2 aliphatic rings. The molecule has 0 amide bonds. The lowest BCUT2D eigenvalue weighted by molar-refractivity contribution is 0.392. The molecule has 1 N–H and O–H groups in total. The second kappa shape index (κ2) is 5.57. The molecule has 2 aromatic rings. The lowest BCUT2D eigenvalue weighted by Crippen LogP contribution is -2.30. The predicted molar refractivity (Wildman–Crippen MR) is 90.8 cm³/mol. The van der Waals surface area contributed by atoms with Crippen molar-refractivity contribution < 1.29 is 9.13 Å². The van der Waals surface area contributed by atoms with Gasteiger partial charge in [0, 0.05) is 22.1 Å². The topological polar surface area (TPSA) is 21.3 Å². The van der Waals surface area contributed by atoms with Crippen molar-refractivity contribution in [3.8, 4) is 5.75 Å². The molecule has 3 unspecified atom stereocenters. The molecule has 0 aromatic heterocycles. The van der Waals surface area contributed by atoms with Crippen LogP contribution in [0.4, 0.5) is 10.1 Å². The molecule has 2 nitrogen and oxygen atoms in total. The van der Waals surface area contributed by atoms with E-state index in [1.807, 2.05) is 24.3 Å². The van der Waals surface area contributed by atoms with E-state index in [-0.39, 0.29) is 23.7 Å². The van der Waals surface area contributed by atoms with Gasteiger partial charge in [-0.25, -0.2) is 4.39 Å². The van der Waals surface area contributed by atoms with Crippen LogP contribution in [-0.2, 0) is 0 Å². The average molecular weight is 330 g/mol. The minimum Gasteiger partial charge on any atom is -0.495 e. The number of anilines is 1. The van der Waals surface area contributed by atoms with Crippen molar-refractivity contribution in [3.63, 3.8) is 0 Å². The number of methoxy groups -OCH3 is 1. The van der Waals surface area contributed by atoms with Crippen LogP contribution in [0, 0.1) is 11.7 Å². The van der Waals surface area contributed by atoms with Crippen LogP contribution in [0.15, 0.2) is 48.6 Å². The Hall–Kier alpha value is -2.00. The van der Waals surface area contributed by atoms with Crippen molar-refractivity contribution in [2.45, 2.75) is 18.4 Å². The zero-order valence-electron chi connectivity index (χ0n) is 12.7. The highest BCUT2D eigenvalue weighted by Gasteiger charge is 2.41. The number of allylic oxidation sites excluding steroid dienone is 2. The first-order valence-electron chi connectivity index (χ1n) is 7.74. The van der Waals surface area contributed by atoms with Gasteiger partial charge in [0.25, 0.3) is 0 Å².